The molecule has 0 aromatic carbocycles. The molecule has 0 bridgehead atoms. The summed E-state index contributed by atoms with van der Waals surface area (Å²) in [5, 5.41) is 0. The molecule has 0 fully saturated rings. The van der Waals surface area contributed by atoms with Crippen LogP contribution in [0.15, 0.2) is 0 Å². The molecule has 0 rings (SSSR count). The molecule has 0 saturated heterocycles. The van der Waals surface area contributed by atoms with E-state index in [1.165, 1.54) is 44.9 Å². The molecule has 0 aliphatic carbocycles. The van der Waals surface area contributed by atoms with Crippen molar-refractivity contribution in [3.05, 3.63) is 0 Å². The maximum atomic E-state index is 5.39. The molecule has 0 amide bonds. The standard InChI is InChI=1S/C10H21NS/c1-2-3-4-5-6-7-8-9-10(11)12/h2-9H2,1H3,(H2,11,12). The SMILES string of the molecule is CCCCCCCCCC(N)=S. The van der Waals surface area contributed by atoms with Gasteiger partial charge < -0.3 is 5.73 Å². The van der Waals surface area contributed by atoms with Crippen LogP contribution in [0.5, 0.6) is 0 Å². The van der Waals surface area contributed by atoms with Crippen molar-refractivity contribution in [3.63, 3.8) is 0 Å². The predicted octanol–water partition coefficient (Wildman–Crippen LogP) is 3.41. The van der Waals surface area contributed by atoms with Crippen LogP contribution < -0.4 is 5.73 Å². The molecule has 0 heterocycles. The highest BCUT2D eigenvalue weighted by atomic mass is 32.1. The Morgan fingerprint density at radius 3 is 2.00 bits per heavy atom. The zero-order chi connectivity index (χ0) is 9.23. The summed E-state index contributed by atoms with van der Waals surface area (Å²) < 4.78 is 0. The smallest absolute Gasteiger partial charge is 0.0727 e. The van der Waals surface area contributed by atoms with Crippen LogP contribution in [-0.4, -0.2) is 4.99 Å². The molecule has 0 atom stereocenters. The van der Waals surface area contributed by atoms with Gasteiger partial charge in [0.05, 0.1) is 4.99 Å². The number of unbranched alkanes of at least 4 members (excludes halogenated alkanes) is 6. The monoisotopic (exact) mass is 187 g/mol. The average molecular weight is 187 g/mol. The van der Waals surface area contributed by atoms with Gasteiger partial charge in [-0.2, -0.15) is 0 Å². The van der Waals surface area contributed by atoms with Gasteiger partial charge in [0.25, 0.3) is 0 Å². The van der Waals surface area contributed by atoms with E-state index in [4.69, 9.17) is 18.0 Å². The molecule has 72 valence electrons. The molecule has 0 aromatic heterocycles. The van der Waals surface area contributed by atoms with Crippen molar-refractivity contribution in [1.82, 2.24) is 0 Å². The first kappa shape index (κ1) is 11.9. The summed E-state index contributed by atoms with van der Waals surface area (Å²) >= 11 is 4.79. The number of hydrogen-bond acceptors (Lipinski definition) is 1. The van der Waals surface area contributed by atoms with Crippen LogP contribution in [0.3, 0.4) is 0 Å². The highest BCUT2D eigenvalue weighted by Crippen LogP contribution is 2.07. The topological polar surface area (TPSA) is 26.0 Å². The van der Waals surface area contributed by atoms with E-state index in [9.17, 15) is 0 Å². The summed E-state index contributed by atoms with van der Waals surface area (Å²) in [4.78, 5) is 0.670. The van der Waals surface area contributed by atoms with E-state index in [2.05, 4.69) is 6.92 Å². The number of hydrogen-bond donors (Lipinski definition) is 1. The Labute approximate surface area is 81.7 Å². The Bertz CT molecular complexity index is 112. The van der Waals surface area contributed by atoms with Crippen molar-refractivity contribution in [2.45, 2.75) is 58.3 Å². The van der Waals surface area contributed by atoms with Crippen LogP contribution in [-0.2, 0) is 0 Å². The molecule has 0 spiro atoms. The lowest BCUT2D eigenvalue weighted by atomic mass is 10.1. The zero-order valence-electron chi connectivity index (χ0n) is 8.14. The highest BCUT2D eigenvalue weighted by molar-refractivity contribution is 7.80. The molecule has 0 aliphatic rings. The van der Waals surface area contributed by atoms with Gasteiger partial charge in [-0.3, -0.25) is 0 Å². The Balaban J connectivity index is 2.86. The largest absolute Gasteiger partial charge is 0.393 e. The van der Waals surface area contributed by atoms with Gasteiger partial charge in [-0.15, -0.1) is 0 Å². The van der Waals surface area contributed by atoms with Gasteiger partial charge in [0, 0.05) is 0 Å². The van der Waals surface area contributed by atoms with E-state index in [-0.39, 0.29) is 0 Å². The van der Waals surface area contributed by atoms with Gasteiger partial charge in [-0.1, -0.05) is 57.7 Å². The molecule has 2 N–H and O–H groups in total. The molecule has 0 aliphatic heterocycles. The fraction of sp³-hybridized carbons (Fsp3) is 0.900. The van der Waals surface area contributed by atoms with E-state index >= 15 is 0 Å². The number of nitrogens with two attached hydrogens (primary N) is 1. The molecular formula is C10H21NS. The first-order chi connectivity index (χ1) is 5.77. The van der Waals surface area contributed by atoms with E-state index in [1.807, 2.05) is 0 Å². The lowest BCUT2D eigenvalue weighted by Crippen LogP contribution is -2.06. The van der Waals surface area contributed by atoms with Crippen LogP contribution in [0.25, 0.3) is 0 Å². The van der Waals surface area contributed by atoms with E-state index in [1.54, 1.807) is 0 Å². The third-order valence-corrected chi connectivity index (χ3v) is 2.23. The molecule has 0 saturated carbocycles. The molecular weight excluding hydrogens is 166 g/mol. The molecule has 0 aromatic rings. The summed E-state index contributed by atoms with van der Waals surface area (Å²) in [6.07, 6.45) is 10.2. The average Bonchev–Trinajstić information content (AvgIpc) is 2.02. The third kappa shape index (κ3) is 9.89. The van der Waals surface area contributed by atoms with Gasteiger partial charge in [-0.05, 0) is 12.8 Å². The van der Waals surface area contributed by atoms with E-state index < -0.39 is 0 Å². The first-order valence-corrected chi connectivity index (χ1v) is 5.46. The Morgan fingerprint density at radius 2 is 1.50 bits per heavy atom. The van der Waals surface area contributed by atoms with Gasteiger partial charge in [0.15, 0.2) is 0 Å². The van der Waals surface area contributed by atoms with Crippen LogP contribution in [0.2, 0.25) is 0 Å². The second-order valence-electron chi connectivity index (χ2n) is 3.34. The second-order valence-corrected chi connectivity index (χ2v) is 3.86. The van der Waals surface area contributed by atoms with Crippen molar-refractivity contribution < 1.29 is 0 Å². The van der Waals surface area contributed by atoms with Crippen LogP contribution >= 0.6 is 12.2 Å². The van der Waals surface area contributed by atoms with Crippen molar-refractivity contribution in [2.75, 3.05) is 0 Å². The summed E-state index contributed by atoms with van der Waals surface area (Å²) in [6, 6.07) is 0. The Morgan fingerprint density at radius 1 is 1.00 bits per heavy atom. The van der Waals surface area contributed by atoms with Gasteiger partial charge in [0.1, 0.15) is 0 Å². The molecule has 0 unspecified atom stereocenters. The first-order valence-electron chi connectivity index (χ1n) is 5.05. The predicted molar refractivity (Wildman–Crippen MR) is 59.4 cm³/mol. The molecule has 0 radical (unpaired) electrons. The Hall–Kier alpha value is -0.110. The van der Waals surface area contributed by atoms with Crippen molar-refractivity contribution in [2.24, 2.45) is 5.73 Å². The summed E-state index contributed by atoms with van der Waals surface area (Å²) in [5.41, 5.74) is 5.39. The summed E-state index contributed by atoms with van der Waals surface area (Å²) in [5.74, 6) is 0. The number of rotatable bonds is 8. The third-order valence-electron chi connectivity index (χ3n) is 2.03. The van der Waals surface area contributed by atoms with Crippen molar-refractivity contribution >= 4 is 17.2 Å². The summed E-state index contributed by atoms with van der Waals surface area (Å²) in [6.45, 7) is 2.24. The molecule has 12 heavy (non-hydrogen) atoms. The van der Waals surface area contributed by atoms with Gasteiger partial charge in [-0.25, -0.2) is 0 Å². The van der Waals surface area contributed by atoms with Crippen molar-refractivity contribution in [3.8, 4) is 0 Å². The fourth-order valence-electron chi connectivity index (χ4n) is 1.26. The minimum atomic E-state index is 0.670. The maximum Gasteiger partial charge on any atom is 0.0727 e. The quantitative estimate of drug-likeness (QED) is 0.465. The normalized spacial score (nSPS) is 10.1. The maximum absolute atomic E-state index is 5.39. The number of thiocarbonyl (C=S) groups is 1. The van der Waals surface area contributed by atoms with Gasteiger partial charge >= 0.3 is 0 Å². The van der Waals surface area contributed by atoms with Crippen LogP contribution in [0.4, 0.5) is 0 Å². The van der Waals surface area contributed by atoms with Crippen LogP contribution in [0, 0.1) is 0 Å². The van der Waals surface area contributed by atoms with E-state index in [0.29, 0.717) is 4.99 Å². The van der Waals surface area contributed by atoms with E-state index in [0.717, 1.165) is 6.42 Å². The summed E-state index contributed by atoms with van der Waals surface area (Å²) in [7, 11) is 0. The lowest BCUT2D eigenvalue weighted by molar-refractivity contribution is 0.595. The second kappa shape index (κ2) is 8.98. The van der Waals surface area contributed by atoms with Crippen molar-refractivity contribution in [1.29, 1.82) is 0 Å². The molecule has 2 heteroatoms. The minimum Gasteiger partial charge on any atom is -0.393 e. The zero-order valence-corrected chi connectivity index (χ0v) is 8.96. The van der Waals surface area contributed by atoms with Crippen LogP contribution in [0.1, 0.15) is 58.3 Å². The fourth-order valence-corrected chi connectivity index (χ4v) is 1.40. The minimum absolute atomic E-state index is 0.670. The van der Waals surface area contributed by atoms with Gasteiger partial charge in [0.2, 0.25) is 0 Å². The lowest BCUT2D eigenvalue weighted by Gasteiger charge is -1.99. The molecule has 1 nitrogen and oxygen atoms in total. The highest BCUT2D eigenvalue weighted by Gasteiger charge is 1.91. The Kier molecular flexibility index (Phi) is 8.90.